The Labute approximate surface area is 188 Å². The number of ether oxygens (including phenoxy) is 1. The van der Waals surface area contributed by atoms with Gasteiger partial charge in [-0.25, -0.2) is 0 Å². The third-order valence-electron chi connectivity index (χ3n) is 6.02. The highest BCUT2D eigenvalue weighted by atomic mass is 16.5. The summed E-state index contributed by atoms with van der Waals surface area (Å²) in [4.78, 5) is 0. The van der Waals surface area contributed by atoms with Crippen LogP contribution in [0.3, 0.4) is 0 Å². The van der Waals surface area contributed by atoms with Gasteiger partial charge in [-0.15, -0.1) is 0 Å². The molecular weight excluding hydrogens is 390 g/mol. The van der Waals surface area contributed by atoms with Gasteiger partial charge in [0.15, 0.2) is 0 Å². The molecule has 0 radical (unpaired) electrons. The Hall–Kier alpha value is -4.17. The van der Waals surface area contributed by atoms with Gasteiger partial charge in [-0.1, -0.05) is 110 Å². The third-order valence-corrected chi connectivity index (χ3v) is 6.02. The van der Waals surface area contributed by atoms with Crippen molar-refractivity contribution in [3.8, 4) is 11.5 Å². The summed E-state index contributed by atoms with van der Waals surface area (Å²) < 4.78 is 6.51. The van der Waals surface area contributed by atoms with Gasteiger partial charge in [-0.2, -0.15) is 0 Å². The molecule has 0 saturated heterocycles. The number of hydrogen-bond acceptors (Lipinski definition) is 2. The second kappa shape index (κ2) is 8.16. The van der Waals surface area contributed by atoms with Gasteiger partial charge in [0.25, 0.3) is 0 Å². The number of allylic oxidation sites excluding steroid dienone is 3. The molecule has 0 amide bonds. The number of fused-ring (bicyclic) bond motifs is 2. The lowest BCUT2D eigenvalue weighted by atomic mass is 9.63. The Kier molecular flexibility index (Phi) is 5.04. The average molecular weight is 414 g/mol. The Bertz CT molecular complexity index is 1280. The molecule has 4 aromatic rings. The van der Waals surface area contributed by atoms with Crippen LogP contribution in [0.2, 0.25) is 0 Å². The molecule has 1 aliphatic rings. The van der Waals surface area contributed by atoms with Gasteiger partial charge in [0.2, 0.25) is 0 Å². The normalized spacial score (nSPS) is 13.6. The largest absolute Gasteiger partial charge is 0.456 e. The van der Waals surface area contributed by atoms with Gasteiger partial charge in [0, 0.05) is 16.7 Å². The van der Waals surface area contributed by atoms with Crippen LogP contribution in [-0.4, -0.2) is 5.71 Å². The average Bonchev–Trinajstić information content (AvgIpc) is 2.86. The Morgan fingerprint density at radius 2 is 1.31 bits per heavy atom. The van der Waals surface area contributed by atoms with Gasteiger partial charge < -0.3 is 10.1 Å². The number of para-hydroxylation sites is 2. The molecule has 2 heteroatoms. The molecule has 1 heterocycles. The molecule has 2 nitrogen and oxygen atoms in total. The first-order chi connectivity index (χ1) is 15.8. The van der Waals surface area contributed by atoms with Crippen molar-refractivity contribution in [2.45, 2.75) is 5.41 Å². The summed E-state index contributed by atoms with van der Waals surface area (Å²) in [5.41, 5.74) is 5.02. The van der Waals surface area contributed by atoms with E-state index in [1.54, 1.807) is 18.2 Å². The van der Waals surface area contributed by atoms with Gasteiger partial charge in [0.1, 0.15) is 11.5 Å². The third kappa shape index (κ3) is 3.00. The minimum atomic E-state index is -0.564. The van der Waals surface area contributed by atoms with Crippen LogP contribution in [0.25, 0.3) is 0 Å². The fourth-order valence-electron chi connectivity index (χ4n) is 4.69. The van der Waals surface area contributed by atoms with Crippen LogP contribution in [0.1, 0.15) is 27.8 Å². The molecule has 5 rings (SSSR count). The van der Waals surface area contributed by atoms with E-state index in [1.807, 2.05) is 36.4 Å². The lowest BCUT2D eigenvalue weighted by Gasteiger charge is -2.42. The van der Waals surface area contributed by atoms with Crippen molar-refractivity contribution >= 4 is 5.71 Å². The van der Waals surface area contributed by atoms with Crippen LogP contribution in [0.15, 0.2) is 128 Å². The molecule has 0 atom stereocenters. The fraction of sp³-hybridized carbons (Fsp3) is 0.0333. The SMILES string of the molecule is C=C/C=C\C(=N)c1cccc2c1Oc1ccccc1C2(c1ccccc1)c1ccccc1. The smallest absolute Gasteiger partial charge is 0.141 e. The summed E-state index contributed by atoms with van der Waals surface area (Å²) >= 11 is 0. The van der Waals surface area contributed by atoms with Crippen LogP contribution < -0.4 is 4.74 Å². The maximum absolute atomic E-state index is 8.68. The zero-order valence-electron chi connectivity index (χ0n) is 17.7. The standard InChI is InChI=1S/C30H23NO/c1-2-3-20-27(31)24-17-12-19-26-29(24)32-28-21-11-10-18-25(28)30(26,22-13-6-4-7-14-22)23-15-8-5-9-16-23/h2-21,31H,1H2/b20-3-,31-27?. The zero-order chi connectivity index (χ0) is 22.0. The van der Waals surface area contributed by atoms with Crippen molar-refractivity contribution in [1.29, 1.82) is 5.41 Å². The van der Waals surface area contributed by atoms with Crippen LogP contribution in [-0.2, 0) is 5.41 Å². The summed E-state index contributed by atoms with van der Waals surface area (Å²) in [5.74, 6) is 1.53. The molecule has 32 heavy (non-hydrogen) atoms. The molecule has 0 saturated carbocycles. The highest BCUT2D eigenvalue weighted by Gasteiger charge is 2.45. The van der Waals surface area contributed by atoms with Crippen molar-refractivity contribution in [2.75, 3.05) is 0 Å². The molecule has 4 aromatic carbocycles. The molecular formula is C30H23NO. The highest BCUT2D eigenvalue weighted by molar-refractivity contribution is 6.09. The maximum atomic E-state index is 8.68. The molecule has 0 aliphatic carbocycles. The number of nitrogens with one attached hydrogen (secondary N) is 1. The summed E-state index contributed by atoms with van der Waals surface area (Å²) in [7, 11) is 0. The summed E-state index contributed by atoms with van der Waals surface area (Å²) in [6.07, 6.45) is 5.21. The number of hydrogen-bond donors (Lipinski definition) is 1. The first kappa shape index (κ1) is 19.8. The van der Waals surface area contributed by atoms with E-state index in [9.17, 15) is 0 Å². The zero-order valence-corrected chi connectivity index (χ0v) is 17.7. The first-order valence-corrected chi connectivity index (χ1v) is 10.7. The second-order valence-corrected chi connectivity index (χ2v) is 7.77. The minimum Gasteiger partial charge on any atom is -0.456 e. The van der Waals surface area contributed by atoms with E-state index in [1.165, 1.54) is 0 Å². The van der Waals surface area contributed by atoms with E-state index in [2.05, 4.69) is 73.3 Å². The van der Waals surface area contributed by atoms with E-state index in [-0.39, 0.29) is 0 Å². The summed E-state index contributed by atoms with van der Waals surface area (Å²) in [6.45, 7) is 3.73. The topological polar surface area (TPSA) is 33.1 Å². The quantitative estimate of drug-likeness (QED) is 0.238. The molecule has 1 N–H and O–H groups in total. The first-order valence-electron chi connectivity index (χ1n) is 10.7. The van der Waals surface area contributed by atoms with Gasteiger partial charge >= 0.3 is 0 Å². The van der Waals surface area contributed by atoms with Gasteiger partial charge in [0.05, 0.1) is 11.1 Å². The molecule has 1 aliphatic heterocycles. The lowest BCUT2D eigenvalue weighted by molar-refractivity contribution is 0.433. The predicted molar refractivity (Wildman–Crippen MR) is 131 cm³/mol. The lowest BCUT2D eigenvalue weighted by Crippen LogP contribution is -2.34. The van der Waals surface area contributed by atoms with Crippen molar-refractivity contribution < 1.29 is 4.74 Å². The van der Waals surface area contributed by atoms with Crippen LogP contribution in [0.5, 0.6) is 11.5 Å². The maximum Gasteiger partial charge on any atom is 0.141 e. The van der Waals surface area contributed by atoms with Gasteiger partial charge in [-0.3, -0.25) is 0 Å². The number of benzene rings is 4. The Balaban J connectivity index is 1.91. The molecule has 0 fully saturated rings. The highest BCUT2D eigenvalue weighted by Crippen LogP contribution is 2.55. The van der Waals surface area contributed by atoms with E-state index in [0.717, 1.165) is 39.3 Å². The molecule has 0 bridgehead atoms. The van der Waals surface area contributed by atoms with E-state index >= 15 is 0 Å². The summed E-state index contributed by atoms with van der Waals surface area (Å²) in [6, 6.07) is 35.4. The second-order valence-electron chi connectivity index (χ2n) is 7.77. The van der Waals surface area contributed by atoms with E-state index in [4.69, 9.17) is 10.1 Å². The summed E-state index contributed by atoms with van der Waals surface area (Å²) in [5, 5.41) is 8.68. The van der Waals surface area contributed by atoms with Crippen molar-refractivity contribution in [3.05, 3.63) is 156 Å². The van der Waals surface area contributed by atoms with Crippen LogP contribution >= 0.6 is 0 Å². The molecule has 0 spiro atoms. The fourth-order valence-corrected chi connectivity index (χ4v) is 4.69. The van der Waals surface area contributed by atoms with Gasteiger partial charge in [-0.05, 0) is 29.3 Å². The molecule has 0 aromatic heterocycles. The van der Waals surface area contributed by atoms with Crippen LogP contribution in [0, 0.1) is 5.41 Å². The van der Waals surface area contributed by atoms with Crippen molar-refractivity contribution in [3.63, 3.8) is 0 Å². The van der Waals surface area contributed by atoms with Crippen LogP contribution in [0.4, 0.5) is 0 Å². The van der Waals surface area contributed by atoms with Crippen molar-refractivity contribution in [1.82, 2.24) is 0 Å². The molecule has 0 unspecified atom stereocenters. The van der Waals surface area contributed by atoms with E-state index in [0.29, 0.717) is 5.71 Å². The minimum absolute atomic E-state index is 0.385. The van der Waals surface area contributed by atoms with E-state index < -0.39 is 5.41 Å². The van der Waals surface area contributed by atoms with Crippen molar-refractivity contribution in [2.24, 2.45) is 0 Å². The monoisotopic (exact) mass is 413 g/mol. The Morgan fingerprint density at radius 1 is 0.719 bits per heavy atom. The Morgan fingerprint density at radius 3 is 1.97 bits per heavy atom. The molecule has 154 valence electrons. The number of rotatable bonds is 5. The predicted octanol–water partition coefficient (Wildman–Crippen LogP) is 7.29.